The number of imide groups is 1. The minimum absolute atomic E-state index is 0.0864. The summed E-state index contributed by atoms with van der Waals surface area (Å²) in [5.41, 5.74) is 0.792. The van der Waals surface area contributed by atoms with E-state index >= 15 is 0 Å². The predicted molar refractivity (Wildman–Crippen MR) is 98.3 cm³/mol. The van der Waals surface area contributed by atoms with Gasteiger partial charge in [0.25, 0.3) is 5.91 Å². The van der Waals surface area contributed by atoms with Gasteiger partial charge in [0, 0.05) is 26.2 Å². The molecule has 4 heterocycles. The van der Waals surface area contributed by atoms with E-state index in [1.165, 1.54) is 0 Å². The standard InChI is InChI=1S/C17H21ClN6O2/c1-9-13-11(18)8-12(19-14(13)23(3)22-9)24-6-4-10(5-7-24)17(2)15(25)20-16(26)21-17/h8,10H,4-7H2,1-3H3,(H2,20,21,25,26). The Bertz CT molecular complexity index is 918. The molecular weight excluding hydrogens is 356 g/mol. The maximum atomic E-state index is 12.1. The van der Waals surface area contributed by atoms with E-state index in [2.05, 4.69) is 20.6 Å². The van der Waals surface area contributed by atoms with Gasteiger partial charge in [-0.25, -0.2) is 9.78 Å². The van der Waals surface area contributed by atoms with Crippen molar-refractivity contribution in [3.8, 4) is 0 Å². The fraction of sp³-hybridized carbons (Fsp3) is 0.529. The molecule has 4 rings (SSSR count). The van der Waals surface area contributed by atoms with Crippen LogP contribution in [0.5, 0.6) is 0 Å². The number of hydrogen-bond acceptors (Lipinski definition) is 5. The van der Waals surface area contributed by atoms with Crippen molar-refractivity contribution in [2.24, 2.45) is 13.0 Å². The predicted octanol–water partition coefficient (Wildman–Crippen LogP) is 1.74. The minimum atomic E-state index is -0.836. The lowest BCUT2D eigenvalue weighted by Crippen LogP contribution is -2.53. The molecule has 0 aromatic carbocycles. The molecule has 0 saturated carbocycles. The second kappa shape index (κ2) is 5.84. The first-order chi connectivity index (χ1) is 12.3. The number of aryl methyl sites for hydroxylation is 2. The summed E-state index contributed by atoms with van der Waals surface area (Å²) >= 11 is 6.47. The Hall–Kier alpha value is -2.35. The fourth-order valence-electron chi connectivity index (χ4n) is 4.07. The van der Waals surface area contributed by atoms with Gasteiger partial charge in [0.05, 0.1) is 16.1 Å². The van der Waals surface area contributed by atoms with Crippen LogP contribution in [-0.2, 0) is 11.8 Å². The molecule has 3 amide bonds. The van der Waals surface area contributed by atoms with E-state index in [0.717, 1.165) is 48.5 Å². The summed E-state index contributed by atoms with van der Waals surface area (Å²) < 4.78 is 1.74. The Morgan fingerprint density at radius 2 is 2.00 bits per heavy atom. The molecule has 0 aliphatic carbocycles. The molecule has 8 nitrogen and oxygen atoms in total. The summed E-state index contributed by atoms with van der Waals surface area (Å²) in [6, 6.07) is 1.47. The Kier molecular flexibility index (Phi) is 3.83. The number of carbonyl (C=O) groups is 2. The van der Waals surface area contributed by atoms with Gasteiger partial charge in [-0.2, -0.15) is 5.10 Å². The fourth-order valence-corrected chi connectivity index (χ4v) is 4.39. The first-order valence-corrected chi connectivity index (χ1v) is 9.06. The Balaban J connectivity index is 1.55. The van der Waals surface area contributed by atoms with Crippen molar-refractivity contribution in [2.45, 2.75) is 32.2 Å². The summed E-state index contributed by atoms with van der Waals surface area (Å²) in [6.07, 6.45) is 1.57. The molecule has 1 unspecified atom stereocenters. The van der Waals surface area contributed by atoms with Crippen LogP contribution in [0.1, 0.15) is 25.5 Å². The highest BCUT2D eigenvalue weighted by atomic mass is 35.5. The largest absolute Gasteiger partial charge is 0.356 e. The molecule has 2 N–H and O–H groups in total. The number of rotatable bonds is 2. The Labute approximate surface area is 155 Å². The number of fused-ring (bicyclic) bond motifs is 1. The summed E-state index contributed by atoms with van der Waals surface area (Å²) in [4.78, 5) is 30.6. The van der Waals surface area contributed by atoms with E-state index in [9.17, 15) is 9.59 Å². The number of pyridine rings is 1. The van der Waals surface area contributed by atoms with Crippen molar-refractivity contribution in [2.75, 3.05) is 18.0 Å². The van der Waals surface area contributed by atoms with E-state index in [-0.39, 0.29) is 11.8 Å². The van der Waals surface area contributed by atoms with Crippen molar-refractivity contribution in [1.82, 2.24) is 25.4 Å². The Morgan fingerprint density at radius 3 is 2.62 bits per heavy atom. The van der Waals surface area contributed by atoms with Crippen molar-refractivity contribution in [1.29, 1.82) is 0 Å². The zero-order chi connectivity index (χ0) is 18.6. The zero-order valence-electron chi connectivity index (χ0n) is 15.0. The molecule has 2 fully saturated rings. The molecule has 2 aromatic rings. The van der Waals surface area contributed by atoms with Gasteiger partial charge in [-0.05, 0) is 32.6 Å². The van der Waals surface area contributed by atoms with Crippen molar-refractivity contribution in [3.05, 3.63) is 16.8 Å². The summed E-state index contributed by atoms with van der Waals surface area (Å²) in [5, 5.41) is 11.0. The lowest BCUT2D eigenvalue weighted by atomic mass is 9.79. The molecule has 1 atom stereocenters. The molecule has 2 aliphatic rings. The number of nitrogens with one attached hydrogen (secondary N) is 2. The molecule has 9 heteroatoms. The smallest absolute Gasteiger partial charge is 0.322 e. The van der Waals surface area contributed by atoms with Crippen molar-refractivity contribution < 1.29 is 9.59 Å². The van der Waals surface area contributed by atoms with E-state index in [0.29, 0.717) is 5.02 Å². The minimum Gasteiger partial charge on any atom is -0.356 e. The number of hydrogen-bond donors (Lipinski definition) is 2. The van der Waals surface area contributed by atoms with Crippen molar-refractivity contribution >= 4 is 40.4 Å². The summed E-state index contributed by atoms with van der Waals surface area (Å²) in [6.45, 7) is 5.21. The highest BCUT2D eigenvalue weighted by molar-refractivity contribution is 6.35. The molecule has 26 heavy (non-hydrogen) atoms. The van der Waals surface area contributed by atoms with E-state index in [1.807, 2.05) is 20.0 Å². The summed E-state index contributed by atoms with van der Waals surface area (Å²) in [5.74, 6) is 0.659. The van der Waals surface area contributed by atoms with Crippen LogP contribution in [0.15, 0.2) is 6.07 Å². The first-order valence-electron chi connectivity index (χ1n) is 8.68. The highest BCUT2D eigenvalue weighted by Gasteiger charge is 2.48. The number of anilines is 1. The van der Waals surface area contributed by atoms with Crippen LogP contribution in [0.3, 0.4) is 0 Å². The third-order valence-corrected chi connectivity index (χ3v) is 5.91. The van der Waals surface area contributed by atoms with Gasteiger partial charge >= 0.3 is 6.03 Å². The lowest BCUT2D eigenvalue weighted by Gasteiger charge is -2.39. The van der Waals surface area contributed by atoms with Crippen LogP contribution in [0.25, 0.3) is 11.0 Å². The molecule has 138 valence electrons. The zero-order valence-corrected chi connectivity index (χ0v) is 15.7. The van der Waals surface area contributed by atoms with Gasteiger partial charge in [-0.15, -0.1) is 0 Å². The van der Waals surface area contributed by atoms with E-state index in [4.69, 9.17) is 16.6 Å². The highest BCUT2D eigenvalue weighted by Crippen LogP contribution is 2.34. The number of amides is 3. The monoisotopic (exact) mass is 376 g/mol. The maximum absolute atomic E-state index is 12.1. The van der Waals surface area contributed by atoms with Gasteiger partial charge in [-0.1, -0.05) is 11.6 Å². The topological polar surface area (TPSA) is 92.2 Å². The Morgan fingerprint density at radius 1 is 1.31 bits per heavy atom. The molecule has 0 bridgehead atoms. The van der Waals surface area contributed by atoms with Gasteiger partial charge in [-0.3, -0.25) is 14.8 Å². The van der Waals surface area contributed by atoms with Gasteiger partial charge < -0.3 is 10.2 Å². The molecule has 2 aromatic heterocycles. The normalized spacial score (nSPS) is 24.2. The number of carbonyl (C=O) groups excluding carboxylic acids is 2. The van der Waals surface area contributed by atoms with Crippen LogP contribution in [0.4, 0.5) is 10.6 Å². The molecule has 2 aliphatic heterocycles. The van der Waals surface area contributed by atoms with Crippen LogP contribution in [0.2, 0.25) is 5.02 Å². The average molecular weight is 377 g/mol. The van der Waals surface area contributed by atoms with Gasteiger partial charge in [0.1, 0.15) is 11.4 Å². The number of piperidine rings is 1. The van der Waals surface area contributed by atoms with E-state index in [1.54, 1.807) is 11.6 Å². The SMILES string of the molecule is Cc1nn(C)c2nc(N3CCC(C4(C)NC(=O)NC4=O)CC3)cc(Cl)c12. The maximum Gasteiger partial charge on any atom is 0.322 e. The lowest BCUT2D eigenvalue weighted by molar-refractivity contribution is -0.125. The number of aromatic nitrogens is 3. The van der Waals surface area contributed by atoms with Crippen LogP contribution in [0, 0.1) is 12.8 Å². The van der Waals surface area contributed by atoms with Crippen molar-refractivity contribution in [3.63, 3.8) is 0 Å². The third-order valence-electron chi connectivity index (χ3n) is 5.61. The van der Waals surface area contributed by atoms with Crippen LogP contribution >= 0.6 is 11.6 Å². The average Bonchev–Trinajstić information content (AvgIpc) is 3.03. The molecular formula is C17H21ClN6O2. The second-order valence-electron chi connectivity index (χ2n) is 7.24. The number of urea groups is 1. The van der Waals surface area contributed by atoms with Crippen LogP contribution < -0.4 is 15.5 Å². The number of halogens is 1. The quantitative estimate of drug-likeness (QED) is 0.779. The molecule has 0 radical (unpaired) electrons. The van der Waals surface area contributed by atoms with E-state index < -0.39 is 11.6 Å². The second-order valence-corrected chi connectivity index (χ2v) is 7.65. The first kappa shape index (κ1) is 17.1. The number of nitrogens with zero attached hydrogens (tertiary/aromatic N) is 4. The summed E-state index contributed by atoms with van der Waals surface area (Å²) in [7, 11) is 1.86. The molecule has 0 spiro atoms. The van der Waals surface area contributed by atoms with Gasteiger partial charge in [0.2, 0.25) is 0 Å². The van der Waals surface area contributed by atoms with Crippen LogP contribution in [-0.4, -0.2) is 45.3 Å². The van der Waals surface area contributed by atoms with Gasteiger partial charge in [0.15, 0.2) is 5.65 Å². The molecule has 2 saturated heterocycles. The third kappa shape index (κ3) is 2.51.